The van der Waals surface area contributed by atoms with E-state index in [1.165, 1.54) is 16.9 Å². The Bertz CT molecular complexity index is 1440. The number of anilines is 1. The van der Waals surface area contributed by atoms with Crippen molar-refractivity contribution in [2.24, 2.45) is 0 Å². The van der Waals surface area contributed by atoms with Crippen molar-refractivity contribution in [2.45, 2.75) is 25.4 Å². The predicted molar refractivity (Wildman–Crippen MR) is 132 cm³/mol. The molecular formula is C25H22N4O5S. The molecule has 35 heavy (non-hydrogen) atoms. The van der Waals surface area contributed by atoms with Crippen molar-refractivity contribution in [3.63, 3.8) is 0 Å². The lowest BCUT2D eigenvalue weighted by Gasteiger charge is -2.24. The van der Waals surface area contributed by atoms with Crippen LogP contribution in [-0.4, -0.2) is 34.2 Å². The number of carbonyl (C=O) groups excluding carboxylic acids is 1. The summed E-state index contributed by atoms with van der Waals surface area (Å²) in [5.41, 5.74) is 4.79. The van der Waals surface area contributed by atoms with Gasteiger partial charge in [0.15, 0.2) is 0 Å². The quantitative estimate of drug-likeness (QED) is 0.277. The minimum atomic E-state index is -1.13. The molecule has 1 amide bonds. The van der Waals surface area contributed by atoms with Crippen LogP contribution >= 0.6 is 11.3 Å². The zero-order valence-corrected chi connectivity index (χ0v) is 19.4. The SMILES string of the molecule is O=C(NCC1Cc2c(sc(Nn3c(=O)c3=O)c2C(=O)O)CN1)c1ccc(Cc2ccccc2)cc1. The van der Waals surface area contributed by atoms with Crippen LogP contribution in [0.15, 0.2) is 64.2 Å². The summed E-state index contributed by atoms with van der Waals surface area (Å²) < 4.78 is 0.792. The van der Waals surface area contributed by atoms with Crippen molar-refractivity contribution < 1.29 is 14.7 Å². The third-order valence-corrected chi connectivity index (χ3v) is 7.17. The topological polar surface area (TPSA) is 130 Å². The van der Waals surface area contributed by atoms with Gasteiger partial charge in [0.1, 0.15) is 5.00 Å². The zero-order chi connectivity index (χ0) is 24.5. The molecule has 4 aromatic rings. The Labute approximate surface area is 203 Å². The van der Waals surface area contributed by atoms with Crippen LogP contribution in [0.1, 0.15) is 42.3 Å². The van der Waals surface area contributed by atoms with E-state index < -0.39 is 17.1 Å². The number of thiophene rings is 1. The van der Waals surface area contributed by atoms with Crippen molar-refractivity contribution >= 4 is 28.2 Å². The van der Waals surface area contributed by atoms with Gasteiger partial charge in [0.2, 0.25) is 0 Å². The Hall–Kier alpha value is -4.02. The van der Waals surface area contributed by atoms with Crippen molar-refractivity contribution in [2.75, 3.05) is 12.0 Å². The van der Waals surface area contributed by atoms with Crippen molar-refractivity contribution in [3.05, 3.63) is 108 Å². The van der Waals surface area contributed by atoms with Gasteiger partial charge in [0.25, 0.3) is 5.91 Å². The van der Waals surface area contributed by atoms with Gasteiger partial charge in [0.05, 0.1) is 5.56 Å². The molecule has 0 radical (unpaired) electrons. The van der Waals surface area contributed by atoms with Crippen molar-refractivity contribution in [1.82, 2.24) is 15.3 Å². The third-order valence-electron chi connectivity index (χ3n) is 6.04. The Morgan fingerprint density at radius 2 is 1.71 bits per heavy atom. The van der Waals surface area contributed by atoms with Crippen LogP contribution in [0.4, 0.5) is 5.00 Å². The highest BCUT2D eigenvalue weighted by Crippen LogP contribution is 2.36. The molecule has 4 N–H and O–H groups in total. The van der Waals surface area contributed by atoms with E-state index in [1.54, 1.807) is 12.1 Å². The molecule has 0 spiro atoms. The van der Waals surface area contributed by atoms with Crippen LogP contribution in [0.5, 0.6) is 0 Å². The van der Waals surface area contributed by atoms with Gasteiger partial charge < -0.3 is 15.7 Å². The lowest BCUT2D eigenvalue weighted by atomic mass is 9.98. The molecule has 5 rings (SSSR count). The fourth-order valence-electron chi connectivity index (χ4n) is 4.14. The van der Waals surface area contributed by atoms with Gasteiger partial charge in [-0.3, -0.25) is 19.8 Å². The average Bonchev–Trinajstić information content (AvgIpc) is 3.25. The zero-order valence-electron chi connectivity index (χ0n) is 18.5. The van der Waals surface area contributed by atoms with E-state index in [1.807, 2.05) is 30.3 Å². The molecule has 1 unspecified atom stereocenters. The van der Waals surface area contributed by atoms with Gasteiger partial charge in [-0.1, -0.05) is 42.5 Å². The second kappa shape index (κ2) is 9.32. The Balaban J connectivity index is 1.21. The molecule has 2 aromatic carbocycles. The highest BCUT2D eigenvalue weighted by Gasteiger charge is 2.30. The number of amides is 1. The number of hydrogen-bond donors (Lipinski definition) is 4. The lowest BCUT2D eigenvalue weighted by molar-refractivity contribution is 0.0696. The summed E-state index contributed by atoms with van der Waals surface area (Å²) in [6.45, 7) is 0.753. The second-order valence-corrected chi connectivity index (χ2v) is 9.53. The number of carbonyl (C=O) groups is 2. The molecule has 3 heterocycles. The molecular weight excluding hydrogens is 468 g/mol. The molecule has 0 saturated carbocycles. The largest absolute Gasteiger partial charge is 0.478 e. The van der Waals surface area contributed by atoms with Gasteiger partial charge >= 0.3 is 17.1 Å². The summed E-state index contributed by atoms with van der Waals surface area (Å²) in [7, 11) is 0. The van der Waals surface area contributed by atoms with E-state index in [0.717, 1.165) is 21.5 Å². The summed E-state index contributed by atoms with van der Waals surface area (Å²) in [4.78, 5) is 48.0. The normalized spacial score (nSPS) is 15.0. The minimum absolute atomic E-state index is 0.0596. The predicted octanol–water partition coefficient (Wildman–Crippen LogP) is 1.75. The highest BCUT2D eigenvalue weighted by atomic mass is 32.1. The smallest absolute Gasteiger partial charge is 0.340 e. The van der Waals surface area contributed by atoms with Gasteiger partial charge in [-0.15, -0.1) is 11.3 Å². The number of aromatic nitrogens is 1. The first kappa shape index (κ1) is 22.8. The molecule has 178 valence electrons. The van der Waals surface area contributed by atoms with Crippen molar-refractivity contribution in [1.29, 1.82) is 0 Å². The molecule has 2 aromatic heterocycles. The summed E-state index contributed by atoms with van der Waals surface area (Å²) in [6, 6.07) is 17.4. The summed E-state index contributed by atoms with van der Waals surface area (Å²) in [6.07, 6.45) is 1.19. The number of benzene rings is 2. The molecule has 1 aliphatic rings. The van der Waals surface area contributed by atoms with E-state index in [2.05, 4.69) is 28.2 Å². The van der Waals surface area contributed by atoms with Crippen LogP contribution < -0.4 is 27.2 Å². The molecule has 10 heteroatoms. The molecule has 1 atom stereocenters. The Kier molecular flexibility index (Phi) is 6.06. The standard InChI is InChI=1S/C25H22N4O5S/c30-21(16-8-6-15(7-9-16)10-14-4-2-1-3-5-14)27-12-17-11-18-19(13-26-17)35-22(20(18)25(33)34)28-29-23(31)24(29)32/h1-9,17,26,28H,10-13H2,(H,27,30)(H,33,34). The molecule has 9 nitrogen and oxygen atoms in total. The first-order chi connectivity index (χ1) is 16.9. The summed E-state index contributed by atoms with van der Waals surface area (Å²) >= 11 is 1.20. The van der Waals surface area contributed by atoms with E-state index >= 15 is 0 Å². The summed E-state index contributed by atoms with van der Waals surface area (Å²) in [5, 5.41) is 16.2. The number of carboxylic acid groups (broad SMARTS) is 1. The first-order valence-electron chi connectivity index (χ1n) is 11.1. The molecule has 1 aliphatic heterocycles. The van der Waals surface area contributed by atoms with Crippen LogP contribution in [0.3, 0.4) is 0 Å². The summed E-state index contributed by atoms with van der Waals surface area (Å²) in [5.74, 6) is -1.33. The molecule has 0 saturated heterocycles. The maximum Gasteiger partial charge on any atom is 0.340 e. The number of rotatable bonds is 8. The van der Waals surface area contributed by atoms with Gasteiger partial charge in [-0.25, -0.2) is 4.79 Å². The Morgan fingerprint density at radius 1 is 1.03 bits per heavy atom. The van der Waals surface area contributed by atoms with Crippen molar-refractivity contribution in [3.8, 4) is 0 Å². The molecule has 0 aliphatic carbocycles. The fraction of sp³-hybridized carbons (Fsp3) is 0.200. The number of carboxylic acids is 1. The van der Waals surface area contributed by atoms with E-state index in [0.29, 0.717) is 30.6 Å². The third kappa shape index (κ3) is 4.79. The van der Waals surface area contributed by atoms with Gasteiger partial charge in [0, 0.05) is 29.6 Å². The number of aromatic carboxylic acids is 1. The maximum absolute atomic E-state index is 12.7. The average molecular weight is 491 g/mol. The lowest BCUT2D eigenvalue weighted by Crippen LogP contribution is -2.44. The van der Waals surface area contributed by atoms with Gasteiger partial charge in [-0.05, 0) is 41.7 Å². The second-order valence-electron chi connectivity index (χ2n) is 8.42. The van der Waals surface area contributed by atoms with Gasteiger partial charge in [-0.2, -0.15) is 4.68 Å². The minimum Gasteiger partial charge on any atom is -0.478 e. The number of nitrogens with one attached hydrogen (secondary N) is 3. The van der Waals surface area contributed by atoms with E-state index in [9.17, 15) is 24.3 Å². The highest BCUT2D eigenvalue weighted by molar-refractivity contribution is 7.16. The van der Waals surface area contributed by atoms with Crippen LogP contribution in [0.25, 0.3) is 0 Å². The molecule has 0 fully saturated rings. The van der Waals surface area contributed by atoms with Crippen LogP contribution in [0, 0.1) is 0 Å². The van der Waals surface area contributed by atoms with E-state index in [-0.39, 0.29) is 22.5 Å². The van der Waals surface area contributed by atoms with Crippen LogP contribution in [0.2, 0.25) is 0 Å². The maximum atomic E-state index is 12.7. The Morgan fingerprint density at radius 3 is 2.37 bits per heavy atom. The fourth-order valence-corrected chi connectivity index (χ4v) is 5.30. The monoisotopic (exact) mass is 490 g/mol. The first-order valence-corrected chi connectivity index (χ1v) is 11.9. The molecule has 0 bridgehead atoms. The van der Waals surface area contributed by atoms with Crippen LogP contribution in [-0.2, 0) is 19.4 Å². The number of nitrogens with zero attached hydrogens (tertiary/aromatic N) is 1. The number of hydrogen-bond acceptors (Lipinski definition) is 7. The van der Waals surface area contributed by atoms with E-state index in [4.69, 9.17) is 0 Å². The number of fused-ring (bicyclic) bond motifs is 1.